The lowest BCUT2D eigenvalue weighted by molar-refractivity contribution is -0.384. The van der Waals surface area contributed by atoms with Gasteiger partial charge in [0.15, 0.2) is 0 Å². The molecule has 0 aromatic heterocycles. The Morgan fingerprint density at radius 1 is 1.00 bits per heavy atom. The van der Waals surface area contributed by atoms with Crippen LogP contribution in [0.4, 0.5) is 5.69 Å². The SMILES string of the molecule is O=C(CSCc1ccc([N+](=O)[O-])cc1)N/N=C\c1ccccc1OCc1ccccc1. The Morgan fingerprint density at radius 2 is 1.71 bits per heavy atom. The number of non-ortho nitro benzene ring substituents is 1. The Kier molecular flexibility index (Phi) is 8.19. The Morgan fingerprint density at radius 3 is 2.45 bits per heavy atom. The number of benzene rings is 3. The first-order valence-corrected chi connectivity index (χ1v) is 10.7. The number of nitro benzene ring substituents is 1. The molecule has 7 nitrogen and oxygen atoms in total. The number of hydrazone groups is 1. The standard InChI is InChI=1S/C23H21N3O4S/c27-23(17-31-16-19-10-12-21(13-11-19)26(28)29)25-24-14-20-8-4-5-9-22(20)30-15-18-6-2-1-3-7-18/h1-14H,15-17H2,(H,25,27)/b24-14-. The van der Waals surface area contributed by atoms with Crippen molar-refractivity contribution in [1.29, 1.82) is 0 Å². The highest BCUT2D eigenvalue weighted by molar-refractivity contribution is 7.99. The normalized spacial score (nSPS) is 10.7. The number of carbonyl (C=O) groups is 1. The molecule has 0 aliphatic rings. The van der Waals surface area contributed by atoms with E-state index in [9.17, 15) is 14.9 Å². The van der Waals surface area contributed by atoms with Crippen molar-refractivity contribution in [2.75, 3.05) is 5.75 Å². The van der Waals surface area contributed by atoms with Crippen molar-refractivity contribution in [1.82, 2.24) is 5.43 Å². The van der Waals surface area contributed by atoms with E-state index >= 15 is 0 Å². The van der Waals surface area contributed by atoms with Crippen LogP contribution in [0, 0.1) is 10.1 Å². The molecule has 1 N–H and O–H groups in total. The molecule has 0 bridgehead atoms. The highest BCUT2D eigenvalue weighted by Crippen LogP contribution is 2.18. The summed E-state index contributed by atoms with van der Waals surface area (Å²) in [5, 5.41) is 14.7. The van der Waals surface area contributed by atoms with Gasteiger partial charge in [0, 0.05) is 23.4 Å². The summed E-state index contributed by atoms with van der Waals surface area (Å²) >= 11 is 1.40. The van der Waals surface area contributed by atoms with E-state index in [1.54, 1.807) is 18.3 Å². The van der Waals surface area contributed by atoms with Crippen LogP contribution >= 0.6 is 11.8 Å². The van der Waals surface area contributed by atoms with Gasteiger partial charge in [0.2, 0.25) is 5.91 Å². The van der Waals surface area contributed by atoms with E-state index in [0.29, 0.717) is 18.1 Å². The van der Waals surface area contributed by atoms with Gasteiger partial charge in [-0.05, 0) is 23.3 Å². The van der Waals surface area contributed by atoms with E-state index < -0.39 is 4.92 Å². The van der Waals surface area contributed by atoms with Crippen LogP contribution in [0.1, 0.15) is 16.7 Å². The van der Waals surface area contributed by atoms with Crippen molar-refractivity contribution < 1.29 is 14.5 Å². The molecule has 3 aromatic rings. The molecule has 31 heavy (non-hydrogen) atoms. The molecule has 0 radical (unpaired) electrons. The number of hydrogen-bond donors (Lipinski definition) is 1. The van der Waals surface area contributed by atoms with Crippen LogP contribution in [0.15, 0.2) is 84.0 Å². The van der Waals surface area contributed by atoms with Gasteiger partial charge in [-0.25, -0.2) is 5.43 Å². The maximum atomic E-state index is 12.0. The predicted octanol–water partition coefficient (Wildman–Crippen LogP) is 4.56. The minimum atomic E-state index is -0.437. The maximum absolute atomic E-state index is 12.0. The Balaban J connectivity index is 1.44. The third-order valence-corrected chi connectivity index (χ3v) is 5.20. The summed E-state index contributed by atoms with van der Waals surface area (Å²) in [4.78, 5) is 22.2. The third kappa shape index (κ3) is 7.27. The summed E-state index contributed by atoms with van der Waals surface area (Å²) < 4.78 is 5.87. The Hall–Kier alpha value is -3.65. The molecule has 0 spiro atoms. The lowest BCUT2D eigenvalue weighted by Crippen LogP contribution is -2.19. The van der Waals surface area contributed by atoms with Gasteiger partial charge < -0.3 is 4.74 Å². The van der Waals surface area contributed by atoms with Crippen molar-refractivity contribution in [2.24, 2.45) is 5.10 Å². The Bertz CT molecular complexity index is 1040. The number of thioether (sulfide) groups is 1. The minimum Gasteiger partial charge on any atom is -0.488 e. The molecule has 1 amide bonds. The number of nitrogens with one attached hydrogen (secondary N) is 1. The Labute approximate surface area is 184 Å². The molecule has 3 rings (SSSR count). The zero-order valence-electron chi connectivity index (χ0n) is 16.6. The molecular formula is C23H21N3O4S. The maximum Gasteiger partial charge on any atom is 0.269 e. The quantitative estimate of drug-likeness (QED) is 0.286. The lowest BCUT2D eigenvalue weighted by Gasteiger charge is -2.09. The summed E-state index contributed by atoms with van der Waals surface area (Å²) in [5.41, 5.74) is 5.29. The summed E-state index contributed by atoms with van der Waals surface area (Å²) in [5.74, 6) is 1.24. The largest absolute Gasteiger partial charge is 0.488 e. The molecular weight excluding hydrogens is 414 g/mol. The second-order valence-corrected chi connectivity index (χ2v) is 7.51. The second-order valence-electron chi connectivity index (χ2n) is 6.52. The molecule has 0 heterocycles. The van der Waals surface area contributed by atoms with Crippen LogP contribution in [0.3, 0.4) is 0 Å². The zero-order valence-corrected chi connectivity index (χ0v) is 17.5. The number of nitro groups is 1. The number of nitrogens with zero attached hydrogens (tertiary/aromatic N) is 2. The summed E-state index contributed by atoms with van der Waals surface area (Å²) in [6, 6.07) is 23.6. The number of rotatable bonds is 10. The van der Waals surface area contributed by atoms with Crippen LogP contribution in [0.2, 0.25) is 0 Å². The van der Waals surface area contributed by atoms with Crippen LogP contribution in [-0.4, -0.2) is 22.8 Å². The predicted molar refractivity (Wildman–Crippen MR) is 122 cm³/mol. The number of hydrogen-bond acceptors (Lipinski definition) is 6. The molecule has 0 unspecified atom stereocenters. The van der Waals surface area contributed by atoms with Crippen LogP contribution in [0.5, 0.6) is 5.75 Å². The smallest absolute Gasteiger partial charge is 0.269 e. The first-order valence-electron chi connectivity index (χ1n) is 9.50. The fraction of sp³-hybridized carbons (Fsp3) is 0.130. The van der Waals surface area contributed by atoms with Gasteiger partial charge in [-0.2, -0.15) is 5.10 Å². The average molecular weight is 436 g/mol. The zero-order chi connectivity index (χ0) is 21.9. The molecule has 0 atom stereocenters. The van der Waals surface area contributed by atoms with E-state index in [4.69, 9.17) is 4.74 Å². The molecule has 0 saturated heterocycles. The van der Waals surface area contributed by atoms with E-state index in [2.05, 4.69) is 10.5 Å². The third-order valence-electron chi connectivity index (χ3n) is 4.20. The van der Waals surface area contributed by atoms with Crippen LogP contribution in [-0.2, 0) is 17.2 Å². The molecule has 0 fully saturated rings. The number of amides is 1. The molecule has 0 aliphatic carbocycles. The molecule has 3 aromatic carbocycles. The number of para-hydroxylation sites is 1. The average Bonchev–Trinajstić information content (AvgIpc) is 2.79. The van der Waals surface area contributed by atoms with Gasteiger partial charge in [0.05, 0.1) is 16.9 Å². The van der Waals surface area contributed by atoms with Crippen LogP contribution < -0.4 is 10.2 Å². The van der Waals surface area contributed by atoms with Gasteiger partial charge in [-0.1, -0.05) is 54.6 Å². The lowest BCUT2D eigenvalue weighted by atomic mass is 10.2. The molecule has 8 heteroatoms. The van der Waals surface area contributed by atoms with Crippen LogP contribution in [0.25, 0.3) is 0 Å². The molecule has 158 valence electrons. The van der Waals surface area contributed by atoms with Gasteiger partial charge in [0.1, 0.15) is 12.4 Å². The van der Waals surface area contributed by atoms with Crippen molar-refractivity contribution >= 4 is 29.6 Å². The van der Waals surface area contributed by atoms with Crippen molar-refractivity contribution in [2.45, 2.75) is 12.4 Å². The van der Waals surface area contributed by atoms with Gasteiger partial charge in [-0.15, -0.1) is 11.8 Å². The summed E-state index contributed by atoms with van der Waals surface area (Å²) in [6.07, 6.45) is 1.55. The highest BCUT2D eigenvalue weighted by Gasteiger charge is 2.06. The van der Waals surface area contributed by atoms with Gasteiger partial charge >= 0.3 is 0 Å². The monoisotopic (exact) mass is 435 g/mol. The van der Waals surface area contributed by atoms with E-state index in [1.165, 1.54) is 23.9 Å². The fourth-order valence-corrected chi connectivity index (χ4v) is 3.42. The van der Waals surface area contributed by atoms with Gasteiger partial charge in [0.25, 0.3) is 5.69 Å². The van der Waals surface area contributed by atoms with E-state index in [0.717, 1.165) is 16.7 Å². The number of ether oxygens (including phenoxy) is 1. The van der Waals surface area contributed by atoms with E-state index in [-0.39, 0.29) is 17.3 Å². The molecule has 0 aliphatic heterocycles. The van der Waals surface area contributed by atoms with Crippen molar-refractivity contribution in [3.8, 4) is 5.75 Å². The summed E-state index contributed by atoms with van der Waals surface area (Å²) in [6.45, 7) is 0.442. The first-order chi connectivity index (χ1) is 15.1. The van der Waals surface area contributed by atoms with Crippen molar-refractivity contribution in [3.05, 3.63) is 106 Å². The fourth-order valence-electron chi connectivity index (χ4n) is 2.64. The minimum absolute atomic E-state index is 0.0499. The first kappa shape index (κ1) is 22.0. The highest BCUT2D eigenvalue weighted by atomic mass is 32.2. The second kappa shape index (κ2) is 11.5. The number of carbonyl (C=O) groups excluding carboxylic acids is 1. The topological polar surface area (TPSA) is 93.8 Å². The molecule has 0 saturated carbocycles. The van der Waals surface area contributed by atoms with E-state index in [1.807, 2.05) is 54.6 Å². The summed E-state index contributed by atoms with van der Waals surface area (Å²) in [7, 11) is 0. The van der Waals surface area contributed by atoms with Crippen molar-refractivity contribution in [3.63, 3.8) is 0 Å². The van der Waals surface area contributed by atoms with Gasteiger partial charge in [-0.3, -0.25) is 14.9 Å².